The van der Waals surface area contributed by atoms with Crippen molar-refractivity contribution in [2.75, 3.05) is 19.6 Å². The van der Waals surface area contributed by atoms with E-state index in [0.717, 1.165) is 16.3 Å². The maximum atomic E-state index is 13.1. The summed E-state index contributed by atoms with van der Waals surface area (Å²) in [5, 5.41) is 9.80. The highest BCUT2D eigenvalue weighted by atomic mass is 32.1. The monoisotopic (exact) mass is 398 g/mol. The first kappa shape index (κ1) is 18.4. The number of carbonyl (C=O) groups is 2. The van der Waals surface area contributed by atoms with Gasteiger partial charge in [-0.05, 0) is 18.2 Å². The standard InChI is InChI=1S/C19H22N6O2S/c1-12(26)21-7-13-9-25(10-14(13)16-8-20-11-24(16)2)19(27)18-4-3-17(28-18)15-5-6-22-23-15/h3-6,8,11,13-14H,7,9-10H2,1-2H3,(H,21,26)(H,22,23)/t13-,14-/m1/s1. The highest BCUT2D eigenvalue weighted by Gasteiger charge is 2.38. The van der Waals surface area contributed by atoms with E-state index in [2.05, 4.69) is 20.5 Å². The van der Waals surface area contributed by atoms with Gasteiger partial charge in [-0.3, -0.25) is 14.7 Å². The highest BCUT2D eigenvalue weighted by Crippen LogP contribution is 2.34. The van der Waals surface area contributed by atoms with Crippen LogP contribution in [0.4, 0.5) is 0 Å². The zero-order valence-electron chi connectivity index (χ0n) is 15.8. The van der Waals surface area contributed by atoms with Gasteiger partial charge in [0.05, 0.1) is 21.8 Å². The van der Waals surface area contributed by atoms with Crippen molar-refractivity contribution in [1.29, 1.82) is 0 Å². The first-order chi connectivity index (χ1) is 13.5. The lowest BCUT2D eigenvalue weighted by molar-refractivity contribution is -0.119. The van der Waals surface area contributed by atoms with E-state index < -0.39 is 0 Å². The van der Waals surface area contributed by atoms with E-state index in [1.165, 1.54) is 18.3 Å². The molecule has 2 amide bonds. The minimum absolute atomic E-state index is 0.0215. The molecule has 0 saturated carbocycles. The molecule has 146 valence electrons. The van der Waals surface area contributed by atoms with Crippen LogP contribution in [0.5, 0.6) is 0 Å². The van der Waals surface area contributed by atoms with E-state index >= 15 is 0 Å². The molecule has 4 rings (SSSR count). The summed E-state index contributed by atoms with van der Waals surface area (Å²) in [7, 11) is 1.96. The molecule has 4 heterocycles. The molecule has 0 radical (unpaired) electrons. The van der Waals surface area contributed by atoms with Gasteiger partial charge in [0, 0.05) is 63.5 Å². The Morgan fingerprint density at radius 3 is 2.86 bits per heavy atom. The number of rotatable bonds is 5. The summed E-state index contributed by atoms with van der Waals surface area (Å²) in [6.07, 6.45) is 5.31. The van der Waals surface area contributed by atoms with Gasteiger partial charge in [-0.25, -0.2) is 4.98 Å². The van der Waals surface area contributed by atoms with Crippen molar-refractivity contribution in [2.45, 2.75) is 12.8 Å². The number of nitrogens with zero attached hydrogens (tertiary/aromatic N) is 4. The number of likely N-dealkylation sites (tertiary alicyclic amines) is 1. The summed E-state index contributed by atoms with van der Waals surface area (Å²) in [5.41, 5.74) is 1.98. The first-order valence-electron chi connectivity index (χ1n) is 9.12. The van der Waals surface area contributed by atoms with Gasteiger partial charge >= 0.3 is 0 Å². The number of hydrogen-bond donors (Lipinski definition) is 2. The Labute approximate surface area is 166 Å². The Balaban J connectivity index is 1.53. The van der Waals surface area contributed by atoms with E-state index in [4.69, 9.17) is 0 Å². The smallest absolute Gasteiger partial charge is 0.263 e. The molecule has 1 aliphatic heterocycles. The molecule has 0 aliphatic carbocycles. The summed E-state index contributed by atoms with van der Waals surface area (Å²) >= 11 is 1.46. The minimum atomic E-state index is -0.0593. The number of aromatic amines is 1. The molecular formula is C19H22N6O2S. The fraction of sp³-hybridized carbons (Fsp3) is 0.368. The number of amides is 2. The van der Waals surface area contributed by atoms with Crippen LogP contribution in [-0.4, -0.2) is 56.1 Å². The summed E-state index contributed by atoms with van der Waals surface area (Å²) in [5.74, 6) is 0.245. The summed E-state index contributed by atoms with van der Waals surface area (Å²) in [6.45, 7) is 3.27. The Bertz CT molecular complexity index is 976. The van der Waals surface area contributed by atoms with Crippen molar-refractivity contribution in [1.82, 2.24) is 30.0 Å². The van der Waals surface area contributed by atoms with Crippen LogP contribution in [0.15, 0.2) is 36.9 Å². The number of carbonyl (C=O) groups excluding carboxylic acids is 2. The van der Waals surface area contributed by atoms with E-state index in [1.807, 2.05) is 40.9 Å². The maximum absolute atomic E-state index is 13.1. The SMILES string of the molecule is CC(=O)NC[C@@H]1CN(C(=O)c2ccc(-c3ccn[nH]3)s2)C[C@H]1c1cncn1C. The number of H-pyrrole nitrogens is 1. The van der Waals surface area contributed by atoms with E-state index in [0.29, 0.717) is 24.5 Å². The van der Waals surface area contributed by atoms with Gasteiger partial charge in [-0.2, -0.15) is 5.10 Å². The van der Waals surface area contributed by atoms with Gasteiger partial charge in [-0.1, -0.05) is 0 Å². The van der Waals surface area contributed by atoms with E-state index in [1.54, 1.807) is 12.5 Å². The van der Waals surface area contributed by atoms with Gasteiger partial charge in [0.1, 0.15) is 0 Å². The Kier molecular flexibility index (Phi) is 4.99. The Morgan fingerprint density at radius 2 is 2.18 bits per heavy atom. The van der Waals surface area contributed by atoms with Crippen molar-refractivity contribution in [3.05, 3.63) is 47.5 Å². The van der Waals surface area contributed by atoms with Crippen LogP contribution >= 0.6 is 11.3 Å². The highest BCUT2D eigenvalue weighted by molar-refractivity contribution is 7.17. The quantitative estimate of drug-likeness (QED) is 0.686. The van der Waals surface area contributed by atoms with Crippen LogP contribution in [0.25, 0.3) is 10.6 Å². The third kappa shape index (κ3) is 3.57. The van der Waals surface area contributed by atoms with Gasteiger partial charge < -0.3 is 14.8 Å². The van der Waals surface area contributed by atoms with E-state index in [9.17, 15) is 9.59 Å². The molecule has 2 N–H and O–H groups in total. The van der Waals surface area contributed by atoms with E-state index in [-0.39, 0.29) is 23.7 Å². The van der Waals surface area contributed by atoms with Crippen molar-refractivity contribution >= 4 is 23.2 Å². The zero-order chi connectivity index (χ0) is 19.7. The summed E-state index contributed by atoms with van der Waals surface area (Å²) < 4.78 is 1.99. The van der Waals surface area contributed by atoms with Crippen LogP contribution in [0.2, 0.25) is 0 Å². The van der Waals surface area contributed by atoms with Crippen LogP contribution in [0.3, 0.4) is 0 Å². The maximum Gasteiger partial charge on any atom is 0.263 e. The lowest BCUT2D eigenvalue weighted by Gasteiger charge is -2.18. The van der Waals surface area contributed by atoms with Crippen molar-refractivity contribution in [3.8, 4) is 10.6 Å². The molecule has 1 saturated heterocycles. The molecule has 9 heteroatoms. The van der Waals surface area contributed by atoms with Gasteiger partial charge in [-0.15, -0.1) is 11.3 Å². The molecule has 8 nitrogen and oxygen atoms in total. The number of nitrogens with one attached hydrogen (secondary N) is 2. The number of aryl methyl sites for hydroxylation is 1. The molecule has 1 aliphatic rings. The average molecular weight is 398 g/mol. The molecule has 28 heavy (non-hydrogen) atoms. The first-order valence-corrected chi connectivity index (χ1v) is 9.94. The summed E-state index contributed by atoms with van der Waals surface area (Å²) in [4.78, 5) is 32.3. The lowest BCUT2D eigenvalue weighted by Crippen LogP contribution is -2.32. The zero-order valence-corrected chi connectivity index (χ0v) is 16.6. The largest absolute Gasteiger partial charge is 0.356 e. The molecule has 2 atom stereocenters. The fourth-order valence-electron chi connectivity index (χ4n) is 3.73. The number of thiophene rings is 1. The van der Waals surface area contributed by atoms with Gasteiger partial charge in [0.2, 0.25) is 5.91 Å². The normalized spacial score (nSPS) is 19.1. The molecule has 1 fully saturated rings. The topological polar surface area (TPSA) is 95.9 Å². The van der Waals surface area contributed by atoms with Gasteiger partial charge in [0.15, 0.2) is 0 Å². The number of imidazole rings is 1. The van der Waals surface area contributed by atoms with Crippen molar-refractivity contribution < 1.29 is 9.59 Å². The molecule has 3 aromatic rings. The second kappa shape index (κ2) is 7.59. The van der Waals surface area contributed by atoms with Crippen molar-refractivity contribution in [3.63, 3.8) is 0 Å². The predicted molar refractivity (Wildman–Crippen MR) is 106 cm³/mol. The van der Waals surface area contributed by atoms with Gasteiger partial charge in [0.25, 0.3) is 5.91 Å². The van der Waals surface area contributed by atoms with Crippen LogP contribution < -0.4 is 5.32 Å². The fourth-order valence-corrected chi connectivity index (χ4v) is 4.67. The Morgan fingerprint density at radius 1 is 1.32 bits per heavy atom. The second-order valence-corrected chi connectivity index (χ2v) is 8.16. The molecule has 0 aromatic carbocycles. The molecule has 3 aromatic heterocycles. The number of hydrogen-bond acceptors (Lipinski definition) is 5. The third-order valence-corrected chi connectivity index (χ3v) is 6.26. The molecule has 0 unspecified atom stereocenters. The predicted octanol–water partition coefficient (Wildman–Crippen LogP) is 1.86. The minimum Gasteiger partial charge on any atom is -0.356 e. The Hall–Kier alpha value is -2.94. The van der Waals surface area contributed by atoms with Crippen LogP contribution in [0, 0.1) is 5.92 Å². The lowest BCUT2D eigenvalue weighted by atomic mass is 9.93. The van der Waals surface area contributed by atoms with Crippen LogP contribution in [-0.2, 0) is 11.8 Å². The average Bonchev–Trinajstić information content (AvgIpc) is 3.44. The molecule has 0 spiro atoms. The second-order valence-electron chi connectivity index (χ2n) is 7.08. The third-order valence-electron chi connectivity index (χ3n) is 5.16. The van der Waals surface area contributed by atoms with Crippen LogP contribution in [0.1, 0.15) is 28.2 Å². The van der Waals surface area contributed by atoms with Crippen molar-refractivity contribution in [2.24, 2.45) is 13.0 Å². The number of aromatic nitrogens is 4. The summed E-state index contributed by atoms with van der Waals surface area (Å²) in [6, 6.07) is 5.69. The molecular weight excluding hydrogens is 376 g/mol. The molecule has 0 bridgehead atoms.